The van der Waals surface area contributed by atoms with E-state index in [0.29, 0.717) is 11.4 Å². The highest BCUT2D eigenvalue weighted by molar-refractivity contribution is 8.00. The van der Waals surface area contributed by atoms with E-state index in [0.717, 1.165) is 11.1 Å². The van der Waals surface area contributed by atoms with Crippen LogP contribution < -0.4 is 5.32 Å². The van der Waals surface area contributed by atoms with Crippen LogP contribution in [-0.2, 0) is 25.5 Å². The van der Waals surface area contributed by atoms with Crippen LogP contribution in [0, 0.1) is 0 Å². The largest absolute Gasteiger partial charge is 0.455 e. The van der Waals surface area contributed by atoms with E-state index >= 15 is 0 Å². The zero-order valence-electron chi connectivity index (χ0n) is 15.9. The number of ether oxygens (including phenoxy) is 1. The molecule has 1 fully saturated rings. The number of hydrogen-bond donors (Lipinski definition) is 1. The number of amides is 2. The highest BCUT2D eigenvalue weighted by Gasteiger charge is 2.54. The average Bonchev–Trinajstić information content (AvgIpc) is 2.58. The van der Waals surface area contributed by atoms with Crippen molar-refractivity contribution in [2.75, 3.05) is 5.75 Å². The molecule has 1 saturated heterocycles. The predicted molar refractivity (Wildman–Crippen MR) is 104 cm³/mol. The molecule has 7 heteroatoms. The Morgan fingerprint density at radius 3 is 2.56 bits per heavy atom. The third kappa shape index (κ3) is 4.18. The van der Waals surface area contributed by atoms with Crippen molar-refractivity contribution in [1.29, 1.82) is 0 Å². The molecule has 0 radical (unpaired) electrons. The SMILES string of the molecule is CC1=C(C(=O)OC(C)(C)C)N2C(=O)[C@@H](NC(=O)Cc3ccccc3)[C@H]2SC1. The molecule has 1 N–H and O–H groups in total. The van der Waals surface area contributed by atoms with Crippen LogP contribution in [-0.4, -0.2) is 45.5 Å². The Balaban J connectivity index is 1.68. The second-order valence-electron chi connectivity index (χ2n) is 7.75. The van der Waals surface area contributed by atoms with Gasteiger partial charge in [0.25, 0.3) is 5.91 Å². The molecule has 27 heavy (non-hydrogen) atoms. The van der Waals surface area contributed by atoms with Gasteiger partial charge in [0.2, 0.25) is 5.91 Å². The average molecular weight is 388 g/mol. The van der Waals surface area contributed by atoms with Gasteiger partial charge in [0.15, 0.2) is 0 Å². The topological polar surface area (TPSA) is 75.7 Å². The van der Waals surface area contributed by atoms with Gasteiger partial charge in [-0.15, -0.1) is 11.8 Å². The van der Waals surface area contributed by atoms with Crippen molar-refractivity contribution in [2.45, 2.75) is 51.1 Å². The number of carbonyl (C=O) groups is 3. The number of thioether (sulfide) groups is 1. The highest BCUT2D eigenvalue weighted by atomic mass is 32.2. The standard InChI is InChI=1S/C20H24N2O4S/c1-12-11-27-18-15(21-14(23)10-13-8-6-5-7-9-13)17(24)22(18)16(12)19(25)26-20(2,3)4/h5-9,15,18H,10-11H2,1-4H3,(H,21,23)/t15-,18-/m1/s1. The van der Waals surface area contributed by atoms with Crippen LogP contribution in [0.4, 0.5) is 0 Å². The third-order valence-corrected chi connectivity index (χ3v) is 5.70. The van der Waals surface area contributed by atoms with E-state index in [1.54, 1.807) is 32.5 Å². The molecule has 0 aromatic heterocycles. The summed E-state index contributed by atoms with van der Waals surface area (Å²) in [5, 5.41) is 2.54. The molecule has 0 unspecified atom stereocenters. The summed E-state index contributed by atoms with van der Waals surface area (Å²) < 4.78 is 5.46. The van der Waals surface area contributed by atoms with E-state index in [9.17, 15) is 14.4 Å². The van der Waals surface area contributed by atoms with Gasteiger partial charge in [-0.25, -0.2) is 4.79 Å². The molecule has 1 aromatic rings. The number of nitrogens with one attached hydrogen (secondary N) is 1. The van der Waals surface area contributed by atoms with Crippen molar-refractivity contribution in [3.05, 3.63) is 47.2 Å². The molecule has 2 heterocycles. The molecule has 0 saturated carbocycles. The maximum atomic E-state index is 12.7. The Kier molecular flexibility index (Phi) is 5.33. The zero-order valence-corrected chi connectivity index (χ0v) is 16.8. The molecule has 144 valence electrons. The normalized spacial score (nSPS) is 22.1. The molecular weight excluding hydrogens is 364 g/mol. The summed E-state index contributed by atoms with van der Waals surface area (Å²) in [7, 11) is 0. The fourth-order valence-electron chi connectivity index (χ4n) is 3.09. The van der Waals surface area contributed by atoms with Gasteiger partial charge in [-0.3, -0.25) is 14.5 Å². The van der Waals surface area contributed by atoms with Gasteiger partial charge in [-0.1, -0.05) is 30.3 Å². The second-order valence-corrected chi connectivity index (χ2v) is 8.85. The highest BCUT2D eigenvalue weighted by Crippen LogP contribution is 2.40. The first-order chi connectivity index (χ1) is 12.7. The third-order valence-electron chi connectivity index (χ3n) is 4.28. The number of esters is 1. The summed E-state index contributed by atoms with van der Waals surface area (Å²) in [5.41, 5.74) is 1.38. The summed E-state index contributed by atoms with van der Waals surface area (Å²) in [6.07, 6.45) is 0.218. The molecule has 2 amide bonds. The summed E-state index contributed by atoms with van der Waals surface area (Å²) >= 11 is 1.55. The minimum Gasteiger partial charge on any atom is -0.455 e. The lowest BCUT2D eigenvalue weighted by atomic mass is 10.0. The minimum atomic E-state index is -0.637. The maximum absolute atomic E-state index is 12.7. The maximum Gasteiger partial charge on any atom is 0.355 e. The number of carbonyl (C=O) groups excluding carboxylic acids is 3. The number of fused-ring (bicyclic) bond motifs is 1. The molecular formula is C20H24N2O4S. The van der Waals surface area contributed by atoms with Crippen LogP contribution in [0.25, 0.3) is 0 Å². The van der Waals surface area contributed by atoms with Crippen LogP contribution in [0.2, 0.25) is 0 Å². The molecule has 2 atom stereocenters. The molecule has 0 spiro atoms. The summed E-state index contributed by atoms with van der Waals surface area (Å²) in [6.45, 7) is 7.21. The van der Waals surface area contributed by atoms with Gasteiger partial charge in [-0.05, 0) is 38.8 Å². The Labute approximate surface area is 163 Å². The van der Waals surface area contributed by atoms with E-state index in [-0.39, 0.29) is 23.6 Å². The van der Waals surface area contributed by atoms with Crippen LogP contribution in [0.15, 0.2) is 41.6 Å². The lowest BCUT2D eigenvalue weighted by Gasteiger charge is -2.49. The number of β-lactam (4-membered cyclic amide) rings is 1. The molecule has 1 aromatic carbocycles. The van der Waals surface area contributed by atoms with E-state index in [1.165, 1.54) is 4.90 Å². The summed E-state index contributed by atoms with van der Waals surface area (Å²) in [4.78, 5) is 39.0. The Bertz CT molecular complexity index is 798. The monoisotopic (exact) mass is 388 g/mol. The van der Waals surface area contributed by atoms with Gasteiger partial charge in [0.05, 0.1) is 6.42 Å². The Morgan fingerprint density at radius 1 is 1.26 bits per heavy atom. The first-order valence-corrected chi connectivity index (χ1v) is 9.93. The summed E-state index contributed by atoms with van der Waals surface area (Å²) in [5.74, 6) is -0.347. The number of hydrogen-bond acceptors (Lipinski definition) is 5. The Hall–Kier alpha value is -2.28. The fourth-order valence-corrected chi connectivity index (χ4v) is 4.39. The number of nitrogens with zero attached hydrogens (tertiary/aromatic N) is 1. The lowest BCUT2D eigenvalue weighted by molar-refractivity contribution is -0.159. The molecule has 0 bridgehead atoms. The van der Waals surface area contributed by atoms with Crippen molar-refractivity contribution in [2.24, 2.45) is 0 Å². The van der Waals surface area contributed by atoms with Crippen molar-refractivity contribution < 1.29 is 19.1 Å². The van der Waals surface area contributed by atoms with Gasteiger partial charge in [0, 0.05) is 5.75 Å². The van der Waals surface area contributed by atoms with Gasteiger partial charge >= 0.3 is 5.97 Å². The zero-order chi connectivity index (χ0) is 19.8. The van der Waals surface area contributed by atoms with Crippen LogP contribution in [0.3, 0.4) is 0 Å². The first kappa shape index (κ1) is 19.5. The van der Waals surface area contributed by atoms with Crippen molar-refractivity contribution in [3.8, 4) is 0 Å². The fraction of sp³-hybridized carbons (Fsp3) is 0.450. The molecule has 2 aliphatic rings. The lowest BCUT2D eigenvalue weighted by Crippen LogP contribution is -2.70. The van der Waals surface area contributed by atoms with E-state index in [1.807, 2.05) is 37.3 Å². The van der Waals surface area contributed by atoms with Gasteiger partial charge < -0.3 is 10.1 Å². The minimum absolute atomic E-state index is 0.204. The predicted octanol–water partition coefficient (Wildman–Crippen LogP) is 2.24. The van der Waals surface area contributed by atoms with Crippen molar-refractivity contribution in [3.63, 3.8) is 0 Å². The van der Waals surface area contributed by atoms with E-state index in [4.69, 9.17) is 4.74 Å². The van der Waals surface area contributed by atoms with Gasteiger partial charge in [0.1, 0.15) is 22.7 Å². The molecule has 6 nitrogen and oxygen atoms in total. The smallest absolute Gasteiger partial charge is 0.355 e. The number of rotatable bonds is 4. The molecule has 0 aliphatic carbocycles. The first-order valence-electron chi connectivity index (χ1n) is 8.88. The molecule has 3 rings (SSSR count). The van der Waals surface area contributed by atoms with Crippen LogP contribution >= 0.6 is 11.8 Å². The van der Waals surface area contributed by atoms with E-state index in [2.05, 4.69) is 5.32 Å². The van der Waals surface area contributed by atoms with Crippen LogP contribution in [0.5, 0.6) is 0 Å². The summed E-state index contributed by atoms with van der Waals surface area (Å²) in [6, 6.07) is 8.76. The Morgan fingerprint density at radius 2 is 1.93 bits per heavy atom. The van der Waals surface area contributed by atoms with E-state index < -0.39 is 17.6 Å². The van der Waals surface area contributed by atoms with Crippen molar-refractivity contribution >= 4 is 29.5 Å². The van der Waals surface area contributed by atoms with Crippen molar-refractivity contribution in [1.82, 2.24) is 10.2 Å². The molecule has 2 aliphatic heterocycles. The quantitative estimate of drug-likeness (QED) is 0.632. The van der Waals surface area contributed by atoms with Gasteiger partial charge in [-0.2, -0.15) is 0 Å². The van der Waals surface area contributed by atoms with Crippen LogP contribution in [0.1, 0.15) is 33.3 Å². The second kappa shape index (κ2) is 7.38. The number of benzene rings is 1.